The summed E-state index contributed by atoms with van der Waals surface area (Å²) in [4.78, 5) is 16.0. The first-order valence-electron chi connectivity index (χ1n) is 13.4. The van der Waals surface area contributed by atoms with Crippen LogP contribution in [0.25, 0.3) is 0 Å². The first-order valence-corrected chi connectivity index (χ1v) is 15.2. The van der Waals surface area contributed by atoms with Crippen LogP contribution in [0.4, 0.5) is 0 Å². The number of hydrogen-bond acceptors (Lipinski definition) is 7. The predicted octanol–water partition coefficient (Wildman–Crippen LogP) is 5.15. The molecule has 1 aliphatic rings. The molecule has 1 heterocycles. The lowest BCUT2D eigenvalue weighted by Crippen LogP contribution is -2.53. The molecule has 2 atom stereocenters. The lowest BCUT2D eigenvalue weighted by molar-refractivity contribution is -0.151. The highest BCUT2D eigenvalue weighted by Crippen LogP contribution is 2.46. The molecule has 4 aromatic carbocycles. The third-order valence-corrected chi connectivity index (χ3v) is 8.01. The van der Waals surface area contributed by atoms with Crippen molar-refractivity contribution in [3.63, 3.8) is 0 Å². The maximum absolute atomic E-state index is 13.9. The molecule has 1 fully saturated rings. The standard InChI is InChI=1S/C33H33NO6S/c1-38-29-20-18-25(19-21-29)24-39-32(35)31-22-30(40-41(2,36)37)23-34(31)33(26-12-6-3-7-13-26,27-14-8-4-9-15-27)28-16-10-5-11-17-28/h3-21,30-31H,22-24H2,1-2H3/t30-,31+/m1/s1. The molecular weight excluding hydrogens is 538 g/mol. The lowest BCUT2D eigenvalue weighted by Gasteiger charge is -2.45. The van der Waals surface area contributed by atoms with Gasteiger partial charge in [0.15, 0.2) is 0 Å². The number of nitrogens with zero attached hydrogens (tertiary/aromatic N) is 1. The molecule has 1 saturated heterocycles. The van der Waals surface area contributed by atoms with Crippen molar-refractivity contribution in [2.24, 2.45) is 0 Å². The van der Waals surface area contributed by atoms with E-state index in [0.29, 0.717) is 5.75 Å². The molecule has 0 saturated carbocycles. The summed E-state index contributed by atoms with van der Waals surface area (Å²) in [6, 6.07) is 36.4. The van der Waals surface area contributed by atoms with Gasteiger partial charge in [0, 0.05) is 13.0 Å². The maximum atomic E-state index is 13.9. The van der Waals surface area contributed by atoms with E-state index in [1.807, 2.05) is 120 Å². The van der Waals surface area contributed by atoms with E-state index in [9.17, 15) is 13.2 Å². The Labute approximate surface area is 241 Å². The zero-order chi connectivity index (χ0) is 28.9. The molecule has 8 heteroatoms. The molecule has 0 bridgehead atoms. The van der Waals surface area contributed by atoms with Crippen LogP contribution in [-0.2, 0) is 36.0 Å². The van der Waals surface area contributed by atoms with Crippen LogP contribution in [0.15, 0.2) is 115 Å². The fourth-order valence-electron chi connectivity index (χ4n) is 5.72. The monoisotopic (exact) mass is 571 g/mol. The molecular formula is C33H33NO6S. The Morgan fingerprint density at radius 2 is 1.29 bits per heavy atom. The fraction of sp³-hybridized carbons (Fsp3) is 0.242. The fourth-order valence-corrected chi connectivity index (χ4v) is 6.35. The topological polar surface area (TPSA) is 82.1 Å². The molecule has 41 heavy (non-hydrogen) atoms. The Bertz CT molecular complexity index is 1450. The number of esters is 1. The Hall–Kier alpha value is -3.98. The summed E-state index contributed by atoms with van der Waals surface area (Å²) in [6.45, 7) is 0.258. The van der Waals surface area contributed by atoms with Crippen molar-refractivity contribution < 1.29 is 26.9 Å². The first-order chi connectivity index (χ1) is 19.8. The smallest absolute Gasteiger partial charge is 0.323 e. The van der Waals surface area contributed by atoms with Crippen molar-refractivity contribution in [1.29, 1.82) is 0 Å². The van der Waals surface area contributed by atoms with Gasteiger partial charge in [-0.25, -0.2) is 0 Å². The number of benzene rings is 4. The summed E-state index contributed by atoms with van der Waals surface area (Å²) in [5, 5.41) is 0. The molecule has 0 aliphatic carbocycles. The van der Waals surface area contributed by atoms with E-state index in [4.69, 9.17) is 13.7 Å². The Morgan fingerprint density at radius 1 is 0.805 bits per heavy atom. The van der Waals surface area contributed by atoms with Crippen LogP contribution in [-0.4, -0.2) is 51.3 Å². The largest absolute Gasteiger partial charge is 0.497 e. The van der Waals surface area contributed by atoms with E-state index in [-0.39, 0.29) is 19.6 Å². The van der Waals surface area contributed by atoms with Crippen LogP contribution in [0.5, 0.6) is 5.75 Å². The van der Waals surface area contributed by atoms with Gasteiger partial charge < -0.3 is 9.47 Å². The molecule has 0 amide bonds. The highest BCUT2D eigenvalue weighted by Gasteiger charge is 2.52. The van der Waals surface area contributed by atoms with Gasteiger partial charge in [0.25, 0.3) is 10.1 Å². The second-order valence-electron chi connectivity index (χ2n) is 10.1. The minimum absolute atomic E-state index is 0.0692. The normalized spacial score (nSPS) is 17.7. The SMILES string of the molecule is COc1ccc(COC(=O)[C@@H]2C[C@@H](OS(C)(=O)=O)CN2C(c2ccccc2)(c2ccccc2)c2ccccc2)cc1. The van der Waals surface area contributed by atoms with Gasteiger partial charge in [-0.3, -0.25) is 13.9 Å². The van der Waals surface area contributed by atoms with Gasteiger partial charge in [-0.05, 0) is 34.4 Å². The van der Waals surface area contributed by atoms with Crippen molar-refractivity contribution in [2.75, 3.05) is 19.9 Å². The van der Waals surface area contributed by atoms with Gasteiger partial charge in [0.2, 0.25) is 0 Å². The van der Waals surface area contributed by atoms with Crippen molar-refractivity contribution in [1.82, 2.24) is 4.90 Å². The molecule has 7 nitrogen and oxygen atoms in total. The zero-order valence-corrected chi connectivity index (χ0v) is 23.9. The Morgan fingerprint density at radius 3 is 1.73 bits per heavy atom. The summed E-state index contributed by atoms with van der Waals surface area (Å²) in [7, 11) is -2.18. The second-order valence-corrected chi connectivity index (χ2v) is 11.7. The van der Waals surface area contributed by atoms with Crippen molar-refractivity contribution >= 4 is 16.1 Å². The molecule has 5 rings (SSSR count). The third-order valence-electron chi connectivity index (χ3n) is 7.39. The van der Waals surface area contributed by atoms with Crippen LogP contribution in [0.2, 0.25) is 0 Å². The summed E-state index contributed by atoms with van der Waals surface area (Å²) in [5.41, 5.74) is 2.68. The summed E-state index contributed by atoms with van der Waals surface area (Å²) in [6.07, 6.45) is 0.452. The third kappa shape index (κ3) is 6.20. The van der Waals surface area contributed by atoms with Crippen LogP contribution < -0.4 is 4.74 Å². The molecule has 0 spiro atoms. The van der Waals surface area contributed by atoms with E-state index in [1.165, 1.54) is 0 Å². The number of rotatable bonds is 10. The van der Waals surface area contributed by atoms with Crippen molar-refractivity contribution in [3.05, 3.63) is 138 Å². The average molecular weight is 572 g/mol. The molecule has 0 N–H and O–H groups in total. The van der Waals surface area contributed by atoms with Gasteiger partial charge in [-0.1, -0.05) is 103 Å². The molecule has 0 radical (unpaired) electrons. The lowest BCUT2D eigenvalue weighted by atomic mass is 9.75. The summed E-state index contributed by atoms with van der Waals surface area (Å²) in [5.74, 6) is 0.258. The number of carbonyl (C=O) groups is 1. The van der Waals surface area contributed by atoms with Crippen LogP contribution in [0.3, 0.4) is 0 Å². The average Bonchev–Trinajstić information content (AvgIpc) is 3.40. The molecule has 0 unspecified atom stereocenters. The van der Waals surface area contributed by atoms with Crippen LogP contribution in [0.1, 0.15) is 28.7 Å². The summed E-state index contributed by atoms with van der Waals surface area (Å²) < 4.78 is 41.1. The van der Waals surface area contributed by atoms with Gasteiger partial charge in [0.05, 0.1) is 25.0 Å². The highest BCUT2D eigenvalue weighted by molar-refractivity contribution is 7.86. The van der Waals surface area contributed by atoms with Crippen LogP contribution in [0, 0.1) is 0 Å². The number of carbonyl (C=O) groups excluding carboxylic acids is 1. The molecule has 4 aromatic rings. The quantitative estimate of drug-likeness (QED) is 0.148. The van der Waals surface area contributed by atoms with E-state index in [0.717, 1.165) is 28.5 Å². The second kappa shape index (κ2) is 12.3. The van der Waals surface area contributed by atoms with E-state index < -0.39 is 33.8 Å². The highest BCUT2D eigenvalue weighted by atomic mass is 32.2. The number of hydrogen-bond donors (Lipinski definition) is 0. The van der Waals surface area contributed by atoms with Gasteiger partial charge in [0.1, 0.15) is 18.4 Å². The van der Waals surface area contributed by atoms with Crippen molar-refractivity contribution in [2.45, 2.75) is 30.7 Å². The van der Waals surface area contributed by atoms with Crippen LogP contribution >= 0.6 is 0 Å². The first kappa shape index (κ1) is 28.5. The predicted molar refractivity (Wildman–Crippen MR) is 157 cm³/mol. The Balaban J connectivity index is 1.62. The number of ether oxygens (including phenoxy) is 2. The van der Waals surface area contributed by atoms with Gasteiger partial charge in [-0.2, -0.15) is 8.42 Å². The minimum Gasteiger partial charge on any atom is -0.497 e. The van der Waals surface area contributed by atoms with Crippen molar-refractivity contribution in [3.8, 4) is 5.75 Å². The van der Waals surface area contributed by atoms with Gasteiger partial charge >= 0.3 is 5.97 Å². The molecule has 0 aromatic heterocycles. The van der Waals surface area contributed by atoms with E-state index in [2.05, 4.69) is 0 Å². The Kier molecular flexibility index (Phi) is 8.54. The maximum Gasteiger partial charge on any atom is 0.323 e. The summed E-state index contributed by atoms with van der Waals surface area (Å²) >= 11 is 0. The minimum atomic E-state index is -3.77. The number of methoxy groups -OCH3 is 1. The van der Waals surface area contributed by atoms with Gasteiger partial charge in [-0.15, -0.1) is 0 Å². The van der Waals surface area contributed by atoms with E-state index in [1.54, 1.807) is 7.11 Å². The molecule has 1 aliphatic heterocycles. The van der Waals surface area contributed by atoms with E-state index >= 15 is 0 Å². The number of likely N-dealkylation sites (tertiary alicyclic amines) is 1. The molecule has 212 valence electrons. The zero-order valence-electron chi connectivity index (χ0n) is 23.1.